The molecule has 5 nitrogen and oxygen atoms in total. The molecule has 0 aromatic carbocycles. The molecule has 0 aromatic heterocycles. The summed E-state index contributed by atoms with van der Waals surface area (Å²) in [6.45, 7) is 12.8. The Morgan fingerprint density at radius 3 is 2.20 bits per heavy atom. The Kier molecular flexibility index (Phi) is 7.50. The van der Waals surface area contributed by atoms with Crippen LogP contribution in [0.4, 0.5) is 0 Å². The maximum absolute atomic E-state index is 12.7. The summed E-state index contributed by atoms with van der Waals surface area (Å²) in [4.78, 5) is 27.3. The molecule has 0 radical (unpaired) electrons. The molecule has 4 aliphatic rings. The minimum atomic E-state index is -0.226. The van der Waals surface area contributed by atoms with Crippen LogP contribution in [0, 0.1) is 40.4 Å². The van der Waals surface area contributed by atoms with Crippen molar-refractivity contribution < 1.29 is 14.3 Å². The van der Waals surface area contributed by atoms with Gasteiger partial charge in [-0.1, -0.05) is 19.9 Å². The van der Waals surface area contributed by atoms with E-state index in [1.54, 1.807) is 0 Å². The number of ether oxygens (including phenoxy) is 1. The SMILES string of the molecule is C/C=C(\C)C(=O)N[C@@H]1CC[C@]2(C)[C@H]3CC[C@]4(C)[C@@H]([C@H](C)N(C)C)CC[C@H]4[C@@H]3CC[C@H]2[C@H]1OC(C)=O. The molecule has 0 aromatic rings. The third-order valence-electron chi connectivity index (χ3n) is 11.6. The van der Waals surface area contributed by atoms with Gasteiger partial charge in [0.2, 0.25) is 5.91 Å². The number of carbonyl (C=O) groups excluding carboxylic acids is 2. The number of fused-ring (bicyclic) bond motifs is 5. The van der Waals surface area contributed by atoms with Crippen molar-refractivity contribution in [3.8, 4) is 0 Å². The molecule has 0 aliphatic heterocycles. The summed E-state index contributed by atoms with van der Waals surface area (Å²) in [5.41, 5.74) is 1.34. The number of hydrogen-bond acceptors (Lipinski definition) is 4. The Labute approximate surface area is 213 Å². The molecule has 1 N–H and O–H groups in total. The van der Waals surface area contributed by atoms with Crippen LogP contribution in [0.15, 0.2) is 11.6 Å². The summed E-state index contributed by atoms with van der Waals surface area (Å²) in [6.07, 6.45) is 11.3. The van der Waals surface area contributed by atoms with Crippen LogP contribution in [-0.4, -0.2) is 49.1 Å². The topological polar surface area (TPSA) is 58.6 Å². The molecule has 1 amide bonds. The molecule has 198 valence electrons. The van der Waals surface area contributed by atoms with Gasteiger partial charge in [-0.05, 0) is 121 Å². The highest BCUT2D eigenvalue weighted by Crippen LogP contribution is 2.68. The zero-order valence-electron chi connectivity index (χ0n) is 23.5. The summed E-state index contributed by atoms with van der Waals surface area (Å²) in [6, 6.07) is 0.531. The standard InChI is InChI=1S/C30H50N2O3/c1-9-18(2)28(34)31-26-15-17-30(6)24-14-16-29(5)22(19(3)32(7)8)12-13-23(29)21(24)10-11-25(30)27(26)35-20(4)33/h9,19,21-27H,10-17H2,1-8H3,(H,31,34)/b18-9+/t19-,21-,22+,23-,24-,25-,26+,27+,29+,30+/m0/s1. The number of esters is 1. The predicted octanol–water partition coefficient (Wildman–Crippen LogP) is 5.59. The van der Waals surface area contributed by atoms with Crippen LogP contribution in [0.5, 0.6) is 0 Å². The van der Waals surface area contributed by atoms with Crippen molar-refractivity contribution in [1.29, 1.82) is 0 Å². The molecule has 5 heteroatoms. The van der Waals surface area contributed by atoms with Crippen molar-refractivity contribution in [3.63, 3.8) is 0 Å². The minimum absolute atomic E-state index is 0.0348. The van der Waals surface area contributed by atoms with Crippen molar-refractivity contribution in [1.82, 2.24) is 10.2 Å². The van der Waals surface area contributed by atoms with E-state index < -0.39 is 0 Å². The summed E-state index contributed by atoms with van der Waals surface area (Å²) in [5.74, 6) is 3.13. The molecule has 10 atom stereocenters. The van der Waals surface area contributed by atoms with E-state index in [-0.39, 0.29) is 29.4 Å². The van der Waals surface area contributed by atoms with Gasteiger partial charge in [0.1, 0.15) is 6.10 Å². The van der Waals surface area contributed by atoms with Gasteiger partial charge >= 0.3 is 5.97 Å². The third-order valence-corrected chi connectivity index (χ3v) is 11.6. The van der Waals surface area contributed by atoms with Gasteiger partial charge in [0.05, 0.1) is 6.04 Å². The van der Waals surface area contributed by atoms with Gasteiger partial charge in [0.25, 0.3) is 0 Å². The first kappa shape index (κ1) is 26.7. The molecule has 0 saturated heterocycles. The smallest absolute Gasteiger partial charge is 0.302 e. The average Bonchev–Trinajstić information content (AvgIpc) is 3.16. The van der Waals surface area contributed by atoms with Crippen LogP contribution in [-0.2, 0) is 14.3 Å². The highest BCUT2D eigenvalue weighted by molar-refractivity contribution is 5.92. The molecule has 4 fully saturated rings. The summed E-state index contributed by atoms with van der Waals surface area (Å²) >= 11 is 0. The molecule has 0 unspecified atom stereocenters. The second kappa shape index (κ2) is 9.84. The van der Waals surface area contributed by atoms with Crippen LogP contribution < -0.4 is 5.32 Å². The Morgan fingerprint density at radius 2 is 1.57 bits per heavy atom. The van der Waals surface area contributed by atoms with E-state index in [1.165, 1.54) is 39.0 Å². The van der Waals surface area contributed by atoms with Gasteiger partial charge in [-0.3, -0.25) is 9.59 Å². The normalized spacial score (nSPS) is 44.1. The first-order valence-corrected chi connectivity index (χ1v) is 14.2. The largest absolute Gasteiger partial charge is 0.460 e. The third kappa shape index (κ3) is 4.49. The monoisotopic (exact) mass is 486 g/mol. The fraction of sp³-hybridized carbons (Fsp3) is 0.867. The second-order valence-electron chi connectivity index (χ2n) is 13.2. The van der Waals surface area contributed by atoms with Crippen LogP contribution in [0.25, 0.3) is 0 Å². The van der Waals surface area contributed by atoms with E-state index in [9.17, 15) is 9.59 Å². The minimum Gasteiger partial charge on any atom is -0.460 e. The van der Waals surface area contributed by atoms with Crippen LogP contribution in [0.1, 0.15) is 92.9 Å². The van der Waals surface area contributed by atoms with Crippen molar-refractivity contribution >= 4 is 11.9 Å². The lowest BCUT2D eigenvalue weighted by atomic mass is 9.44. The number of carbonyl (C=O) groups is 2. The average molecular weight is 487 g/mol. The maximum Gasteiger partial charge on any atom is 0.302 e. The van der Waals surface area contributed by atoms with Gasteiger partial charge in [-0.15, -0.1) is 0 Å². The molecular weight excluding hydrogens is 436 g/mol. The number of nitrogens with one attached hydrogen (secondary N) is 1. The molecule has 0 heterocycles. The first-order chi connectivity index (χ1) is 16.4. The van der Waals surface area contributed by atoms with Gasteiger partial charge in [-0.2, -0.15) is 0 Å². The van der Waals surface area contributed by atoms with E-state index in [4.69, 9.17) is 4.74 Å². The Balaban J connectivity index is 1.57. The lowest BCUT2D eigenvalue weighted by molar-refractivity contribution is -0.180. The van der Waals surface area contributed by atoms with Crippen molar-refractivity contribution in [2.75, 3.05) is 14.1 Å². The Hall–Kier alpha value is -1.36. The van der Waals surface area contributed by atoms with E-state index in [1.807, 2.05) is 19.9 Å². The van der Waals surface area contributed by atoms with Crippen LogP contribution >= 0.6 is 0 Å². The molecule has 4 saturated carbocycles. The van der Waals surface area contributed by atoms with Crippen molar-refractivity contribution in [3.05, 3.63) is 11.6 Å². The predicted molar refractivity (Wildman–Crippen MR) is 141 cm³/mol. The number of rotatable bonds is 5. The fourth-order valence-corrected chi connectivity index (χ4v) is 9.42. The van der Waals surface area contributed by atoms with Crippen LogP contribution in [0.3, 0.4) is 0 Å². The lowest BCUT2D eigenvalue weighted by Gasteiger charge is -2.62. The van der Waals surface area contributed by atoms with Crippen molar-refractivity contribution in [2.45, 2.75) is 111 Å². The Bertz CT molecular complexity index is 853. The Morgan fingerprint density at radius 1 is 0.943 bits per heavy atom. The molecule has 4 rings (SSSR count). The zero-order chi connectivity index (χ0) is 25.7. The highest BCUT2D eigenvalue weighted by atomic mass is 16.5. The van der Waals surface area contributed by atoms with Gasteiger partial charge in [0, 0.05) is 24.5 Å². The van der Waals surface area contributed by atoms with E-state index >= 15 is 0 Å². The number of hydrogen-bond donors (Lipinski definition) is 1. The molecule has 4 aliphatic carbocycles. The quantitative estimate of drug-likeness (QED) is 0.407. The van der Waals surface area contributed by atoms with E-state index in [0.717, 1.165) is 42.6 Å². The number of nitrogens with zero attached hydrogens (tertiary/aromatic N) is 1. The van der Waals surface area contributed by atoms with Gasteiger partial charge < -0.3 is 15.0 Å². The van der Waals surface area contributed by atoms with E-state index in [2.05, 4.69) is 45.1 Å². The highest BCUT2D eigenvalue weighted by Gasteiger charge is 2.62. The molecule has 0 spiro atoms. The van der Waals surface area contributed by atoms with Crippen molar-refractivity contribution in [2.24, 2.45) is 40.4 Å². The van der Waals surface area contributed by atoms with Crippen LogP contribution in [0.2, 0.25) is 0 Å². The summed E-state index contributed by atoms with van der Waals surface area (Å²) in [5, 5.41) is 3.23. The fourth-order valence-electron chi connectivity index (χ4n) is 9.42. The zero-order valence-corrected chi connectivity index (χ0v) is 23.5. The second-order valence-corrected chi connectivity index (χ2v) is 13.2. The molecule has 35 heavy (non-hydrogen) atoms. The molecular formula is C30H50N2O3. The maximum atomic E-state index is 12.7. The van der Waals surface area contributed by atoms with E-state index in [0.29, 0.717) is 23.3 Å². The number of amides is 1. The molecule has 0 bridgehead atoms. The van der Waals surface area contributed by atoms with Gasteiger partial charge in [0.15, 0.2) is 0 Å². The number of allylic oxidation sites excluding steroid dienone is 1. The summed E-state index contributed by atoms with van der Waals surface area (Å²) in [7, 11) is 4.48. The van der Waals surface area contributed by atoms with Gasteiger partial charge in [-0.25, -0.2) is 0 Å². The lowest BCUT2D eigenvalue weighted by Crippen LogP contribution is -2.62. The first-order valence-electron chi connectivity index (χ1n) is 14.2. The summed E-state index contributed by atoms with van der Waals surface area (Å²) < 4.78 is 6.04.